The summed E-state index contributed by atoms with van der Waals surface area (Å²) in [6, 6.07) is 48.2. The molecule has 0 saturated carbocycles. The topological polar surface area (TPSA) is 113 Å². The van der Waals surface area contributed by atoms with Crippen LogP contribution in [0.25, 0.3) is 0 Å². The predicted octanol–water partition coefficient (Wildman–Crippen LogP) is 15.6. The summed E-state index contributed by atoms with van der Waals surface area (Å²) in [4.78, 5) is 0. The van der Waals surface area contributed by atoms with Gasteiger partial charge in [0.05, 0.1) is 79.9 Å². The molecule has 15 heteroatoms. The average Bonchev–Trinajstić information content (AvgIpc) is 0.808. The molecule has 488 valence electrons. The first-order valence-corrected chi connectivity index (χ1v) is 43.7. The number of hydrogen-bond donors (Lipinski definition) is 1. The van der Waals surface area contributed by atoms with Gasteiger partial charge in [-0.3, -0.25) is 0 Å². The molecule has 3 fully saturated rings. The van der Waals surface area contributed by atoms with Crippen LogP contribution in [0.4, 0.5) is 0 Å². The van der Waals surface area contributed by atoms with Crippen LogP contribution in [0, 0.1) is 0 Å². The number of rotatable bonds is 27. The minimum absolute atomic E-state index is 0.0742. The molecule has 0 amide bonds. The van der Waals surface area contributed by atoms with Crippen LogP contribution in [0.15, 0.2) is 133 Å². The zero-order chi connectivity index (χ0) is 63.8. The second-order valence-corrected chi connectivity index (χ2v) is 47.8. The highest BCUT2D eigenvalue weighted by Crippen LogP contribution is 2.51. The molecule has 4 aliphatic rings. The van der Waals surface area contributed by atoms with Gasteiger partial charge >= 0.3 is 0 Å². The third-order valence-electron chi connectivity index (χ3n) is 21.7. The van der Waals surface area contributed by atoms with E-state index in [0.717, 1.165) is 47.4 Å². The molecule has 0 bridgehead atoms. The maximum absolute atomic E-state index is 12.7. The maximum Gasteiger partial charge on any atom is 0.261 e. The monoisotopic (exact) mass is 1280 g/mol. The van der Waals surface area contributed by atoms with Crippen molar-refractivity contribution in [1.82, 2.24) is 0 Å². The zero-order valence-electron chi connectivity index (χ0n) is 57.1. The summed E-state index contributed by atoms with van der Waals surface area (Å²) in [6.07, 6.45) is 1.48. The Bertz CT molecular complexity index is 2720. The van der Waals surface area contributed by atoms with Crippen LogP contribution >= 0.6 is 0 Å². The highest BCUT2D eigenvalue weighted by Gasteiger charge is 2.64. The van der Waals surface area contributed by atoms with Crippen LogP contribution in [-0.2, 0) is 59.3 Å². The largest absolute Gasteiger partial charge is 0.411 e. The van der Waals surface area contributed by atoms with Crippen molar-refractivity contribution in [3.05, 3.63) is 145 Å². The first-order chi connectivity index (χ1) is 41.7. The van der Waals surface area contributed by atoms with E-state index in [0.29, 0.717) is 58.5 Å². The lowest BCUT2D eigenvalue weighted by Gasteiger charge is -2.60. The van der Waals surface area contributed by atoms with Crippen molar-refractivity contribution < 1.29 is 51.2 Å². The number of aliphatic hydroxyl groups is 1. The molecular formula is C73H114O11Si4. The third kappa shape index (κ3) is 15.6. The van der Waals surface area contributed by atoms with E-state index in [9.17, 15) is 5.11 Å². The summed E-state index contributed by atoms with van der Waals surface area (Å²) in [5.41, 5.74) is -0.305. The van der Waals surface area contributed by atoms with Crippen molar-refractivity contribution in [2.75, 3.05) is 13.2 Å². The Balaban J connectivity index is 1.16. The van der Waals surface area contributed by atoms with Gasteiger partial charge in [-0.2, -0.15) is 0 Å². The van der Waals surface area contributed by atoms with Gasteiger partial charge in [-0.05, 0) is 108 Å². The van der Waals surface area contributed by atoms with Gasteiger partial charge in [0, 0.05) is 32.3 Å². The molecule has 4 aromatic carbocycles. The van der Waals surface area contributed by atoms with Crippen LogP contribution in [0.3, 0.4) is 0 Å². The number of aliphatic hydroxyl groups excluding tert-OH is 1. The molecule has 0 aliphatic carbocycles. The number of ether oxygens (including phenoxy) is 6. The molecule has 4 aliphatic heterocycles. The Labute approximate surface area is 536 Å². The Morgan fingerprint density at radius 3 is 1.62 bits per heavy atom. The summed E-state index contributed by atoms with van der Waals surface area (Å²) in [7, 11) is -10.1. The molecular weight excluding hydrogens is 1170 g/mol. The van der Waals surface area contributed by atoms with Gasteiger partial charge in [0.25, 0.3) is 8.32 Å². The molecule has 1 N–H and O–H groups in total. The smallest absolute Gasteiger partial charge is 0.261 e. The molecule has 13 atom stereocenters. The molecule has 4 aromatic rings. The highest BCUT2D eigenvalue weighted by molar-refractivity contribution is 6.99. The predicted molar refractivity (Wildman–Crippen MR) is 368 cm³/mol. The minimum atomic E-state index is -2.88. The standard InChI is InChI=1S/C73H114O11Si4/c1-18-86(19-2,20-3)82-67-62(79-66-50-61(76-53-56-39-30-25-31-40-56)63(54-75-52-55-37-28-24-29-38-55)80-73(66,15)68(67)83-87(21-4,22-5)23-6)49-60-59(74)45-36-46-71(13)64(78-60)51-65(81-85(16,17)69(7,8)9)72(14,84-71)47-48-77-88(70(10,11)12,57-41-32-26-33-42-57)58-43-34-27-35-44-58/h24-45,59-68,74H,18-23,46-54H2,1-17H3/b45-36-/t59?,60-,61-,62-,63+,64-,65+,66+,67-,68-,71+,72-,73+/m1/s1. The molecule has 1 unspecified atom stereocenters. The van der Waals surface area contributed by atoms with E-state index in [1.807, 2.05) is 30.3 Å². The molecule has 4 heterocycles. The van der Waals surface area contributed by atoms with E-state index in [-0.39, 0.29) is 22.3 Å². The molecule has 0 spiro atoms. The Morgan fingerprint density at radius 1 is 0.591 bits per heavy atom. The lowest BCUT2D eigenvalue weighted by Crippen LogP contribution is -2.74. The SMILES string of the molecule is CC[Si](CC)(CC)O[C@H]1[C@@H](O[Si](CC)(CC)CC)[C@@]2(C)O[C@@H](COCc3ccccc3)[C@H](OCc3ccccc3)C[C@@H]2O[C@@H]1C[C@H]1O[C@@H]2C[C@H](O[Si](C)(C)C(C)(C)C)[C@@](C)(CCO[Si](c3ccccc3)(c3ccccc3)C(C)(C)C)O[C@@]2(C)C/C=C\C1O. The van der Waals surface area contributed by atoms with E-state index in [4.69, 9.17) is 46.1 Å². The van der Waals surface area contributed by atoms with Gasteiger partial charge in [-0.15, -0.1) is 0 Å². The van der Waals surface area contributed by atoms with Gasteiger partial charge in [0.2, 0.25) is 0 Å². The van der Waals surface area contributed by atoms with Crippen LogP contribution in [0.1, 0.15) is 147 Å². The zero-order valence-corrected chi connectivity index (χ0v) is 61.1. The Morgan fingerprint density at radius 2 is 1.10 bits per heavy atom. The summed E-state index contributed by atoms with van der Waals surface area (Å²) in [5, 5.41) is 14.9. The van der Waals surface area contributed by atoms with E-state index in [2.05, 4.69) is 220 Å². The fraction of sp³-hybridized carbons (Fsp3) is 0.644. The second kappa shape index (κ2) is 29.6. The van der Waals surface area contributed by atoms with Crippen molar-refractivity contribution in [2.24, 2.45) is 0 Å². The van der Waals surface area contributed by atoms with Gasteiger partial charge in [0.1, 0.15) is 17.8 Å². The molecule has 8 rings (SSSR count). The minimum Gasteiger partial charge on any atom is -0.411 e. The number of hydrogen-bond acceptors (Lipinski definition) is 11. The Hall–Kier alpha value is -2.95. The Kier molecular flexibility index (Phi) is 23.8. The first kappa shape index (κ1) is 70.9. The average molecular weight is 1280 g/mol. The van der Waals surface area contributed by atoms with Crippen LogP contribution < -0.4 is 10.4 Å². The summed E-state index contributed by atoms with van der Waals surface area (Å²) in [5.74, 6) is 0. The fourth-order valence-corrected chi connectivity index (χ4v) is 26.2. The van der Waals surface area contributed by atoms with E-state index in [1.165, 1.54) is 10.4 Å². The highest BCUT2D eigenvalue weighted by atomic mass is 28.4. The van der Waals surface area contributed by atoms with Crippen molar-refractivity contribution >= 4 is 43.6 Å². The van der Waals surface area contributed by atoms with E-state index in [1.54, 1.807) is 0 Å². The van der Waals surface area contributed by atoms with Gasteiger partial charge < -0.3 is 51.2 Å². The van der Waals surface area contributed by atoms with Gasteiger partial charge in [0.15, 0.2) is 25.0 Å². The fourth-order valence-electron chi connectivity index (χ4n) is 14.5. The summed E-state index contributed by atoms with van der Waals surface area (Å²) >= 11 is 0. The van der Waals surface area contributed by atoms with Crippen molar-refractivity contribution in [2.45, 2.75) is 286 Å². The second-order valence-electron chi connectivity index (χ2n) is 29.3. The molecule has 88 heavy (non-hydrogen) atoms. The van der Waals surface area contributed by atoms with Gasteiger partial charge in [-0.25, -0.2) is 0 Å². The quantitative estimate of drug-likeness (QED) is 0.0455. The molecule has 0 radical (unpaired) electrons. The number of benzene rings is 4. The normalized spacial score (nSPS) is 30.4. The third-order valence-corrected chi connectivity index (χ3v) is 40.5. The van der Waals surface area contributed by atoms with Crippen LogP contribution in [0.2, 0.25) is 59.4 Å². The number of fused-ring (bicyclic) bond motifs is 2. The first-order valence-electron chi connectivity index (χ1n) is 33.8. The summed E-state index contributed by atoms with van der Waals surface area (Å²) < 4.78 is 75.7. The van der Waals surface area contributed by atoms with Crippen LogP contribution in [0.5, 0.6) is 0 Å². The van der Waals surface area contributed by atoms with Crippen LogP contribution in [-0.4, -0.2) is 129 Å². The van der Waals surface area contributed by atoms with Crippen molar-refractivity contribution in [3.8, 4) is 0 Å². The van der Waals surface area contributed by atoms with Gasteiger partial charge in [-0.1, -0.05) is 217 Å². The molecule has 0 aromatic heterocycles. The molecule has 11 nitrogen and oxygen atoms in total. The lowest BCUT2D eigenvalue weighted by molar-refractivity contribution is -0.331. The summed E-state index contributed by atoms with van der Waals surface area (Å²) in [6.45, 7) is 40.7. The van der Waals surface area contributed by atoms with Crippen molar-refractivity contribution in [1.29, 1.82) is 0 Å². The van der Waals surface area contributed by atoms with E-state index >= 15 is 0 Å². The van der Waals surface area contributed by atoms with Crippen molar-refractivity contribution in [3.63, 3.8) is 0 Å². The van der Waals surface area contributed by atoms with E-state index < -0.39 is 98.9 Å². The lowest BCUT2D eigenvalue weighted by atomic mass is 9.77. The maximum atomic E-state index is 12.7. The molecule has 3 saturated heterocycles.